The van der Waals surface area contributed by atoms with Crippen LogP contribution in [0.3, 0.4) is 0 Å². The summed E-state index contributed by atoms with van der Waals surface area (Å²) < 4.78 is 17.7. The van der Waals surface area contributed by atoms with Crippen LogP contribution in [0.4, 0.5) is 0 Å². The van der Waals surface area contributed by atoms with Crippen molar-refractivity contribution in [2.75, 3.05) is 13.2 Å². The molecule has 0 aromatic heterocycles. The Morgan fingerprint density at radius 2 is 0.802 bits per heavy atom. The summed E-state index contributed by atoms with van der Waals surface area (Å²) in [7, 11) is 0. The molecule has 494 valence electrons. The second-order valence-corrected chi connectivity index (χ2v) is 23.9. The van der Waals surface area contributed by atoms with Crippen molar-refractivity contribution in [1.29, 1.82) is 0 Å². The molecule has 0 aliphatic carbocycles. The summed E-state index contributed by atoms with van der Waals surface area (Å²) in [5.41, 5.74) is 0. The van der Waals surface area contributed by atoms with E-state index in [-0.39, 0.29) is 19.4 Å². The third-order valence-corrected chi connectivity index (χ3v) is 15.9. The lowest BCUT2D eigenvalue weighted by Crippen LogP contribution is -2.61. The van der Waals surface area contributed by atoms with E-state index < -0.39 is 67.4 Å². The Hall–Kier alpha value is -3.68. The summed E-state index contributed by atoms with van der Waals surface area (Å²) in [6.45, 7) is 5.73. The Balaban J connectivity index is 2.61. The number of carbonyl (C=O) groups excluding carboxylic acids is 2. The van der Waals surface area contributed by atoms with Crippen LogP contribution in [0.25, 0.3) is 0 Å². The number of esters is 1. The highest BCUT2D eigenvalue weighted by molar-refractivity contribution is 5.80. The van der Waals surface area contributed by atoms with Crippen LogP contribution in [-0.2, 0) is 23.8 Å². The van der Waals surface area contributed by atoms with Gasteiger partial charge in [0.25, 0.3) is 0 Å². The molecule has 6 N–H and O–H groups in total. The van der Waals surface area contributed by atoms with E-state index in [4.69, 9.17) is 14.2 Å². The van der Waals surface area contributed by atoms with Gasteiger partial charge in [0.15, 0.2) is 12.4 Å². The molecule has 1 aliphatic rings. The highest BCUT2D eigenvalue weighted by atomic mass is 16.7. The van der Waals surface area contributed by atoms with Crippen molar-refractivity contribution in [3.8, 4) is 0 Å². The number of rotatable bonds is 59. The lowest BCUT2D eigenvalue weighted by Gasteiger charge is -2.41. The number of hydrogen-bond acceptors (Lipinski definition) is 10. The molecule has 1 heterocycles. The number of carbonyl (C=O) groups is 2. The zero-order valence-electron chi connectivity index (χ0n) is 54.9. The first-order chi connectivity index (χ1) is 42.2. The first-order valence-corrected chi connectivity index (χ1v) is 35.2. The van der Waals surface area contributed by atoms with E-state index in [9.17, 15) is 35.1 Å². The number of nitrogens with one attached hydrogen (secondary N) is 1. The van der Waals surface area contributed by atoms with Gasteiger partial charge in [-0.2, -0.15) is 0 Å². The van der Waals surface area contributed by atoms with Crippen molar-refractivity contribution in [3.63, 3.8) is 0 Å². The first kappa shape index (κ1) is 80.3. The van der Waals surface area contributed by atoms with E-state index in [0.29, 0.717) is 12.8 Å². The fourth-order valence-electron chi connectivity index (χ4n) is 10.3. The quantitative estimate of drug-likeness (QED) is 0.0195. The van der Waals surface area contributed by atoms with Crippen LogP contribution >= 0.6 is 0 Å². The van der Waals surface area contributed by atoms with E-state index >= 15 is 0 Å². The van der Waals surface area contributed by atoms with Gasteiger partial charge in [0.1, 0.15) is 24.4 Å². The number of amides is 1. The molecule has 1 fully saturated rings. The smallest absolute Gasteiger partial charge is 0.306 e. The van der Waals surface area contributed by atoms with E-state index in [1.807, 2.05) is 6.08 Å². The van der Waals surface area contributed by atoms with Crippen molar-refractivity contribution in [2.24, 2.45) is 0 Å². The number of aliphatic hydroxyl groups is 5. The maximum atomic E-state index is 13.5. The van der Waals surface area contributed by atoms with Gasteiger partial charge < -0.3 is 45.1 Å². The van der Waals surface area contributed by atoms with Crippen LogP contribution in [0.15, 0.2) is 109 Å². The van der Waals surface area contributed by atoms with Crippen LogP contribution in [0.1, 0.15) is 290 Å². The summed E-state index contributed by atoms with van der Waals surface area (Å²) in [6, 6.07) is -1.04. The number of aliphatic hydroxyl groups excluding tert-OH is 5. The molecule has 8 unspecified atom stereocenters. The van der Waals surface area contributed by atoms with Crippen LogP contribution in [0.2, 0.25) is 0 Å². The average Bonchev–Trinajstić information content (AvgIpc) is 3.39. The van der Waals surface area contributed by atoms with E-state index in [0.717, 1.165) is 122 Å². The molecule has 1 rings (SSSR count). The molecular weight excluding hydrogens is 1070 g/mol. The predicted octanol–water partition coefficient (Wildman–Crippen LogP) is 18.0. The molecular formula is C75H129NO10. The van der Waals surface area contributed by atoms with Crippen molar-refractivity contribution < 1.29 is 49.3 Å². The number of hydrogen-bond donors (Lipinski definition) is 6. The molecule has 8 atom stereocenters. The molecule has 1 amide bonds. The topological polar surface area (TPSA) is 175 Å². The minimum atomic E-state index is -1.63. The molecule has 11 nitrogen and oxygen atoms in total. The third-order valence-electron chi connectivity index (χ3n) is 15.9. The third kappa shape index (κ3) is 48.3. The van der Waals surface area contributed by atoms with Gasteiger partial charge in [-0.15, -0.1) is 0 Å². The molecule has 0 aromatic carbocycles. The molecule has 0 spiro atoms. The van der Waals surface area contributed by atoms with Crippen LogP contribution < -0.4 is 5.32 Å². The van der Waals surface area contributed by atoms with Gasteiger partial charge in [-0.25, -0.2) is 0 Å². The lowest BCUT2D eigenvalue weighted by atomic mass is 9.99. The van der Waals surface area contributed by atoms with Crippen molar-refractivity contribution in [1.82, 2.24) is 5.32 Å². The highest BCUT2D eigenvalue weighted by Gasteiger charge is 2.47. The molecule has 11 heteroatoms. The minimum Gasteiger partial charge on any atom is -0.454 e. The fourth-order valence-corrected chi connectivity index (χ4v) is 10.3. The van der Waals surface area contributed by atoms with Crippen molar-refractivity contribution in [3.05, 3.63) is 109 Å². The zero-order valence-corrected chi connectivity index (χ0v) is 54.9. The standard InChI is InChI=1S/C75H129NO10/c1-4-7-10-13-16-19-22-25-27-29-31-33-34-35-36-37-39-41-43-45-48-51-54-57-60-63-70(80)86-73-72(82)71(81)69(64-77)85-75(73)84-65-66(67(78)61-58-55-52-49-46-24-21-18-15-12-9-6-3)76-74(83)68(79)62-59-56-53-50-47-44-42-40-38-32-30-28-26-23-20-17-14-11-8-5-2/h16-17,19-20,25-28,31-33,35-36,38,42,44,58,61,66-69,71-73,75,77-79,81-82H,4-15,18,21-24,29-30,34,37,39-41,43,45-57,59-60,62-65H2,1-3H3,(H,76,83)/b19-16-,20-17-,27-25-,28-26-,33-31-,36-35-,38-32-,44-42-,61-58+. The maximum absolute atomic E-state index is 13.5. The second kappa shape index (κ2) is 61.6. The van der Waals surface area contributed by atoms with Crippen LogP contribution in [0.5, 0.6) is 0 Å². The molecule has 0 saturated carbocycles. The first-order valence-electron chi connectivity index (χ1n) is 35.2. The summed E-state index contributed by atoms with van der Waals surface area (Å²) in [4.78, 5) is 26.7. The Labute approximate surface area is 526 Å². The number of unbranched alkanes of at least 4 members (excludes halogenated alkanes) is 29. The van der Waals surface area contributed by atoms with Gasteiger partial charge >= 0.3 is 5.97 Å². The highest BCUT2D eigenvalue weighted by Crippen LogP contribution is 2.26. The largest absolute Gasteiger partial charge is 0.454 e. The summed E-state index contributed by atoms with van der Waals surface area (Å²) in [6.07, 6.45) is 74.0. The fraction of sp³-hybridized carbons (Fsp3) is 0.733. The zero-order chi connectivity index (χ0) is 62.4. The molecule has 1 aliphatic heterocycles. The van der Waals surface area contributed by atoms with Crippen LogP contribution in [0, 0.1) is 0 Å². The van der Waals surface area contributed by atoms with Gasteiger partial charge in [-0.05, 0) is 116 Å². The van der Waals surface area contributed by atoms with Gasteiger partial charge in [0, 0.05) is 6.42 Å². The Morgan fingerprint density at radius 1 is 0.453 bits per heavy atom. The van der Waals surface area contributed by atoms with Gasteiger partial charge in [-0.3, -0.25) is 9.59 Å². The maximum Gasteiger partial charge on any atom is 0.306 e. The van der Waals surface area contributed by atoms with Crippen LogP contribution in [-0.4, -0.2) is 99.6 Å². The van der Waals surface area contributed by atoms with E-state index in [1.165, 1.54) is 122 Å². The molecule has 1 saturated heterocycles. The van der Waals surface area contributed by atoms with Gasteiger partial charge in [0.05, 0.1) is 25.4 Å². The number of ether oxygens (including phenoxy) is 3. The summed E-state index contributed by atoms with van der Waals surface area (Å²) >= 11 is 0. The molecule has 0 radical (unpaired) electrons. The van der Waals surface area contributed by atoms with Crippen molar-refractivity contribution >= 4 is 11.9 Å². The Morgan fingerprint density at radius 3 is 1.22 bits per heavy atom. The monoisotopic (exact) mass is 1200 g/mol. The van der Waals surface area contributed by atoms with Crippen molar-refractivity contribution in [2.45, 2.75) is 339 Å². The Kier molecular flexibility index (Phi) is 57.5. The summed E-state index contributed by atoms with van der Waals surface area (Å²) in [5, 5.41) is 57.2. The normalized spacial score (nSPS) is 19.0. The SMILES string of the molecule is CCCCC/C=C\C/C=C\C/C=C\C/C=C\CCCCCCCCCCCC(=O)OC1C(OCC(NC(=O)C(O)CCCCCC/C=C\C/C=C\C/C=C\C/C=C\CCCCC)C(O)/C=C/CCCCCCCCCCCC)OC(CO)C(O)C1O. The van der Waals surface area contributed by atoms with Gasteiger partial charge in [0.2, 0.25) is 5.91 Å². The lowest BCUT2D eigenvalue weighted by molar-refractivity contribution is -0.305. The number of allylic oxidation sites excluding steroid dienone is 17. The molecule has 86 heavy (non-hydrogen) atoms. The molecule has 0 bridgehead atoms. The van der Waals surface area contributed by atoms with Gasteiger partial charge in [-0.1, -0.05) is 278 Å². The average molecular weight is 1200 g/mol. The summed E-state index contributed by atoms with van der Waals surface area (Å²) in [5.74, 6) is -1.22. The van der Waals surface area contributed by atoms with E-state index in [2.05, 4.69) is 123 Å². The van der Waals surface area contributed by atoms with E-state index in [1.54, 1.807) is 6.08 Å². The Bertz CT molecular complexity index is 1820. The second-order valence-electron chi connectivity index (χ2n) is 23.9. The molecule has 0 aromatic rings. The minimum absolute atomic E-state index is 0.109. The predicted molar refractivity (Wildman–Crippen MR) is 361 cm³/mol.